The number of amides is 2. The number of methoxy groups -OCH3 is 1. The third-order valence-corrected chi connectivity index (χ3v) is 6.48. The summed E-state index contributed by atoms with van der Waals surface area (Å²) in [7, 11) is 1.69. The maximum Gasteiger partial charge on any atom is 0.225 e. The summed E-state index contributed by atoms with van der Waals surface area (Å²) in [4.78, 5) is 29.4. The summed E-state index contributed by atoms with van der Waals surface area (Å²) in [6.07, 6.45) is 5.42. The van der Waals surface area contributed by atoms with Crippen molar-refractivity contribution in [2.75, 3.05) is 33.3 Å². The van der Waals surface area contributed by atoms with Gasteiger partial charge in [0.1, 0.15) is 5.75 Å². The molecule has 0 bridgehead atoms. The van der Waals surface area contributed by atoms with Gasteiger partial charge in [-0.05, 0) is 75.1 Å². The standard InChI is InChI=1S/C23H34N2O3/c1-4-24(5-2)23(27)17-11-13-25(14-12-17)22(26)16-19-8-6-7-18-15-20(28-3)9-10-21(18)19/h9-10,15,17,19H,4-8,11-14,16H2,1-3H3. The molecule has 1 aliphatic heterocycles. The number of rotatable bonds is 6. The van der Waals surface area contributed by atoms with Crippen LogP contribution in [0.4, 0.5) is 0 Å². The second-order valence-corrected chi connectivity index (χ2v) is 8.02. The van der Waals surface area contributed by atoms with Gasteiger partial charge in [-0.25, -0.2) is 0 Å². The highest BCUT2D eigenvalue weighted by Crippen LogP contribution is 2.36. The van der Waals surface area contributed by atoms with Crippen molar-refractivity contribution in [3.63, 3.8) is 0 Å². The molecular formula is C23H34N2O3. The van der Waals surface area contributed by atoms with Crippen molar-refractivity contribution in [1.29, 1.82) is 0 Å². The topological polar surface area (TPSA) is 49.9 Å². The molecule has 3 rings (SSSR count). The van der Waals surface area contributed by atoms with E-state index in [0.717, 1.165) is 50.9 Å². The molecule has 0 N–H and O–H groups in total. The van der Waals surface area contributed by atoms with Gasteiger partial charge < -0.3 is 14.5 Å². The third kappa shape index (κ3) is 4.50. The fourth-order valence-corrected chi connectivity index (χ4v) is 4.74. The van der Waals surface area contributed by atoms with Crippen LogP contribution >= 0.6 is 0 Å². The lowest BCUT2D eigenvalue weighted by Gasteiger charge is -2.35. The zero-order valence-electron chi connectivity index (χ0n) is 17.6. The summed E-state index contributed by atoms with van der Waals surface area (Å²) in [5.74, 6) is 1.77. The Morgan fingerprint density at radius 2 is 1.86 bits per heavy atom. The van der Waals surface area contributed by atoms with E-state index in [1.807, 2.05) is 29.7 Å². The lowest BCUT2D eigenvalue weighted by atomic mass is 9.80. The zero-order valence-corrected chi connectivity index (χ0v) is 17.6. The third-order valence-electron chi connectivity index (χ3n) is 6.48. The van der Waals surface area contributed by atoms with Crippen LogP contribution in [0.1, 0.15) is 63.0 Å². The highest BCUT2D eigenvalue weighted by atomic mass is 16.5. The quantitative estimate of drug-likeness (QED) is 0.750. The van der Waals surface area contributed by atoms with E-state index in [-0.39, 0.29) is 17.7 Å². The Kier molecular flexibility index (Phi) is 6.97. The highest BCUT2D eigenvalue weighted by molar-refractivity contribution is 5.80. The average molecular weight is 387 g/mol. The summed E-state index contributed by atoms with van der Waals surface area (Å²) >= 11 is 0. The van der Waals surface area contributed by atoms with Gasteiger partial charge in [-0.2, -0.15) is 0 Å². The van der Waals surface area contributed by atoms with Gasteiger partial charge in [-0.3, -0.25) is 9.59 Å². The minimum Gasteiger partial charge on any atom is -0.497 e. The minimum atomic E-state index is 0.0758. The Labute approximate surface area is 169 Å². The van der Waals surface area contributed by atoms with Crippen LogP contribution in [-0.4, -0.2) is 54.9 Å². The van der Waals surface area contributed by atoms with Gasteiger partial charge in [0, 0.05) is 38.5 Å². The Balaban J connectivity index is 1.56. The van der Waals surface area contributed by atoms with Crippen LogP contribution in [0.3, 0.4) is 0 Å². The Morgan fingerprint density at radius 1 is 1.14 bits per heavy atom. The van der Waals surface area contributed by atoms with E-state index in [4.69, 9.17) is 4.74 Å². The number of likely N-dealkylation sites (tertiary alicyclic amines) is 1. The largest absolute Gasteiger partial charge is 0.497 e. The van der Waals surface area contributed by atoms with E-state index in [1.165, 1.54) is 11.1 Å². The zero-order chi connectivity index (χ0) is 20.1. The Hall–Kier alpha value is -2.04. The molecule has 1 heterocycles. The number of benzene rings is 1. The number of hydrogen-bond donors (Lipinski definition) is 0. The average Bonchev–Trinajstić information content (AvgIpc) is 2.74. The first-order valence-electron chi connectivity index (χ1n) is 10.8. The van der Waals surface area contributed by atoms with Crippen LogP contribution < -0.4 is 4.74 Å². The Morgan fingerprint density at radius 3 is 2.50 bits per heavy atom. The molecule has 1 unspecified atom stereocenters. The van der Waals surface area contributed by atoms with Crippen molar-refractivity contribution in [2.45, 2.75) is 58.3 Å². The first kappa shape index (κ1) is 20.7. The molecule has 5 nitrogen and oxygen atoms in total. The molecule has 1 aromatic rings. The van der Waals surface area contributed by atoms with Crippen LogP contribution in [0, 0.1) is 5.92 Å². The van der Waals surface area contributed by atoms with Gasteiger partial charge in [-0.15, -0.1) is 0 Å². The van der Waals surface area contributed by atoms with Crippen LogP contribution in [0.5, 0.6) is 5.75 Å². The van der Waals surface area contributed by atoms with Gasteiger partial charge in [0.05, 0.1) is 7.11 Å². The molecule has 0 radical (unpaired) electrons. The van der Waals surface area contributed by atoms with Crippen molar-refractivity contribution in [2.24, 2.45) is 5.92 Å². The monoisotopic (exact) mass is 386 g/mol. The predicted molar refractivity (Wildman–Crippen MR) is 111 cm³/mol. The second-order valence-electron chi connectivity index (χ2n) is 8.02. The highest BCUT2D eigenvalue weighted by Gasteiger charge is 2.31. The molecular weight excluding hydrogens is 352 g/mol. The fraction of sp³-hybridized carbons (Fsp3) is 0.652. The smallest absolute Gasteiger partial charge is 0.225 e. The van der Waals surface area contributed by atoms with Gasteiger partial charge in [0.15, 0.2) is 0 Å². The van der Waals surface area contributed by atoms with E-state index in [1.54, 1.807) is 7.11 Å². The van der Waals surface area contributed by atoms with E-state index >= 15 is 0 Å². The normalized spacial score (nSPS) is 19.8. The molecule has 1 atom stereocenters. The Bertz CT molecular complexity index is 691. The number of hydrogen-bond acceptors (Lipinski definition) is 3. The van der Waals surface area contributed by atoms with E-state index in [9.17, 15) is 9.59 Å². The first-order valence-corrected chi connectivity index (χ1v) is 10.8. The molecule has 0 aromatic heterocycles. The second kappa shape index (κ2) is 9.44. The van der Waals surface area contributed by atoms with Gasteiger partial charge in [-0.1, -0.05) is 6.07 Å². The summed E-state index contributed by atoms with van der Waals surface area (Å²) in [5, 5.41) is 0. The summed E-state index contributed by atoms with van der Waals surface area (Å²) in [5.41, 5.74) is 2.64. The summed E-state index contributed by atoms with van der Waals surface area (Å²) < 4.78 is 5.35. The van der Waals surface area contributed by atoms with Crippen molar-refractivity contribution in [3.8, 4) is 5.75 Å². The van der Waals surface area contributed by atoms with Gasteiger partial charge in [0.25, 0.3) is 0 Å². The molecule has 0 saturated carbocycles. The molecule has 2 amide bonds. The fourth-order valence-electron chi connectivity index (χ4n) is 4.74. The lowest BCUT2D eigenvalue weighted by molar-refractivity contribution is -0.140. The summed E-state index contributed by atoms with van der Waals surface area (Å²) in [6.45, 7) is 6.99. The predicted octanol–water partition coefficient (Wildman–Crippen LogP) is 3.61. The first-order chi connectivity index (χ1) is 13.6. The van der Waals surface area contributed by atoms with E-state index in [0.29, 0.717) is 25.4 Å². The van der Waals surface area contributed by atoms with Crippen molar-refractivity contribution >= 4 is 11.8 Å². The number of nitrogens with zero attached hydrogens (tertiary/aromatic N) is 2. The number of piperidine rings is 1. The molecule has 28 heavy (non-hydrogen) atoms. The van der Waals surface area contributed by atoms with Crippen molar-refractivity contribution in [3.05, 3.63) is 29.3 Å². The van der Waals surface area contributed by atoms with Crippen LogP contribution in [0.25, 0.3) is 0 Å². The number of ether oxygens (including phenoxy) is 1. The molecule has 5 heteroatoms. The maximum atomic E-state index is 12.9. The van der Waals surface area contributed by atoms with Gasteiger partial charge >= 0.3 is 0 Å². The van der Waals surface area contributed by atoms with Crippen LogP contribution in [-0.2, 0) is 16.0 Å². The van der Waals surface area contributed by atoms with Crippen LogP contribution in [0.15, 0.2) is 18.2 Å². The maximum absolute atomic E-state index is 12.9. The summed E-state index contributed by atoms with van der Waals surface area (Å²) in [6, 6.07) is 6.27. The molecule has 1 fully saturated rings. The van der Waals surface area contributed by atoms with Gasteiger partial charge in [0.2, 0.25) is 11.8 Å². The number of carbonyl (C=O) groups is 2. The molecule has 1 aromatic carbocycles. The molecule has 1 saturated heterocycles. The van der Waals surface area contributed by atoms with Crippen LogP contribution in [0.2, 0.25) is 0 Å². The molecule has 2 aliphatic rings. The molecule has 1 aliphatic carbocycles. The number of fused-ring (bicyclic) bond motifs is 1. The minimum absolute atomic E-state index is 0.0758. The molecule has 0 spiro atoms. The van der Waals surface area contributed by atoms with E-state index < -0.39 is 0 Å². The SMILES string of the molecule is CCN(CC)C(=O)C1CCN(C(=O)CC2CCCc3cc(OC)ccc32)CC1. The van der Waals surface area contributed by atoms with Crippen molar-refractivity contribution < 1.29 is 14.3 Å². The number of aryl methyl sites for hydroxylation is 1. The molecule has 154 valence electrons. The van der Waals surface area contributed by atoms with E-state index in [2.05, 4.69) is 12.1 Å². The lowest BCUT2D eigenvalue weighted by Crippen LogP contribution is -2.44. The van der Waals surface area contributed by atoms with Crippen molar-refractivity contribution in [1.82, 2.24) is 9.80 Å². The number of carbonyl (C=O) groups excluding carboxylic acids is 2.